The molecule has 1 heterocycles. The van der Waals surface area contributed by atoms with E-state index in [1.807, 2.05) is 42.5 Å². The van der Waals surface area contributed by atoms with E-state index < -0.39 is 0 Å². The molecule has 1 atom stereocenters. The van der Waals surface area contributed by atoms with Crippen LogP contribution in [0.4, 0.5) is 0 Å². The van der Waals surface area contributed by atoms with Crippen molar-refractivity contribution in [3.63, 3.8) is 0 Å². The van der Waals surface area contributed by atoms with Gasteiger partial charge in [-0.25, -0.2) is 0 Å². The summed E-state index contributed by atoms with van der Waals surface area (Å²) in [6.45, 7) is 0. The van der Waals surface area contributed by atoms with Crippen LogP contribution in [0.5, 0.6) is 0 Å². The fraction of sp³-hybridized carbons (Fsp3) is 0.154. The normalized spacial score (nSPS) is 20.5. The molecule has 0 amide bonds. The molecule has 1 aliphatic heterocycles. The van der Waals surface area contributed by atoms with Gasteiger partial charge in [-0.05, 0) is 11.6 Å². The largest absolute Gasteiger partial charge is 0.493 e. The van der Waals surface area contributed by atoms with E-state index in [0.29, 0.717) is 6.42 Å². The maximum Gasteiger partial charge on any atom is 0.162 e. The monoisotopic (exact) mass is 200 g/mol. The summed E-state index contributed by atoms with van der Waals surface area (Å²) < 4.78 is 5.28. The molecule has 0 aromatic heterocycles. The highest BCUT2D eigenvalue weighted by molar-refractivity contribution is 5.90. The molecule has 1 aliphatic rings. The number of carbonyl (C=O) groups is 1. The lowest BCUT2D eigenvalue weighted by Crippen LogP contribution is -2.15. The second kappa shape index (κ2) is 4.60. The first-order valence-electron chi connectivity index (χ1n) is 4.93. The van der Waals surface area contributed by atoms with Crippen LogP contribution in [0.2, 0.25) is 0 Å². The van der Waals surface area contributed by atoms with Crippen LogP contribution in [0, 0.1) is 0 Å². The Kier molecular flexibility index (Phi) is 2.98. The van der Waals surface area contributed by atoms with Crippen molar-refractivity contribution in [3.8, 4) is 0 Å². The van der Waals surface area contributed by atoms with Crippen molar-refractivity contribution in [2.45, 2.75) is 12.5 Å². The number of carbonyl (C=O) groups excluding carboxylic acids is 1. The molecule has 0 radical (unpaired) electrons. The van der Waals surface area contributed by atoms with Gasteiger partial charge in [0.25, 0.3) is 0 Å². The summed E-state index contributed by atoms with van der Waals surface area (Å²) >= 11 is 0. The van der Waals surface area contributed by atoms with Crippen molar-refractivity contribution in [1.82, 2.24) is 0 Å². The van der Waals surface area contributed by atoms with Gasteiger partial charge in [0.15, 0.2) is 5.78 Å². The topological polar surface area (TPSA) is 26.3 Å². The van der Waals surface area contributed by atoms with E-state index in [1.165, 1.54) is 12.3 Å². The SMILES string of the molecule is O=C1C=CO[C@@H](C=Cc2ccccc2)C1. The summed E-state index contributed by atoms with van der Waals surface area (Å²) in [5.74, 6) is 0.115. The Morgan fingerprint density at radius 2 is 2.07 bits per heavy atom. The summed E-state index contributed by atoms with van der Waals surface area (Å²) in [6, 6.07) is 9.95. The fourth-order valence-electron chi connectivity index (χ4n) is 1.43. The predicted octanol–water partition coefficient (Wildman–Crippen LogP) is 2.57. The maximum atomic E-state index is 11.1. The van der Waals surface area contributed by atoms with Gasteiger partial charge in [0, 0.05) is 6.08 Å². The quantitative estimate of drug-likeness (QED) is 0.733. The third-order valence-electron chi connectivity index (χ3n) is 2.21. The third kappa shape index (κ3) is 2.81. The van der Waals surface area contributed by atoms with Crippen LogP contribution in [0.3, 0.4) is 0 Å². The Bertz CT molecular complexity index is 390. The smallest absolute Gasteiger partial charge is 0.162 e. The van der Waals surface area contributed by atoms with Gasteiger partial charge in [0.1, 0.15) is 6.10 Å². The first-order chi connectivity index (χ1) is 7.34. The van der Waals surface area contributed by atoms with E-state index in [-0.39, 0.29) is 11.9 Å². The highest BCUT2D eigenvalue weighted by Gasteiger charge is 2.12. The van der Waals surface area contributed by atoms with Crippen LogP contribution in [-0.2, 0) is 9.53 Å². The van der Waals surface area contributed by atoms with E-state index in [9.17, 15) is 4.79 Å². The highest BCUT2D eigenvalue weighted by atomic mass is 16.5. The lowest BCUT2D eigenvalue weighted by Gasteiger charge is -2.14. The molecular weight excluding hydrogens is 188 g/mol. The maximum absolute atomic E-state index is 11.1. The molecule has 0 saturated heterocycles. The first-order valence-corrected chi connectivity index (χ1v) is 4.93. The molecule has 0 bridgehead atoms. The molecule has 1 aromatic rings. The number of ether oxygens (including phenoxy) is 1. The van der Waals surface area contributed by atoms with E-state index >= 15 is 0 Å². The molecule has 2 rings (SSSR count). The van der Waals surface area contributed by atoms with Gasteiger partial charge in [-0.2, -0.15) is 0 Å². The minimum Gasteiger partial charge on any atom is -0.493 e. The summed E-state index contributed by atoms with van der Waals surface area (Å²) in [5.41, 5.74) is 1.11. The molecule has 0 aliphatic carbocycles. The molecule has 0 N–H and O–H groups in total. The van der Waals surface area contributed by atoms with Gasteiger partial charge < -0.3 is 4.74 Å². The summed E-state index contributed by atoms with van der Waals surface area (Å²) in [7, 11) is 0. The van der Waals surface area contributed by atoms with Crippen molar-refractivity contribution in [2.24, 2.45) is 0 Å². The number of rotatable bonds is 2. The zero-order valence-corrected chi connectivity index (χ0v) is 8.30. The van der Waals surface area contributed by atoms with E-state index in [2.05, 4.69) is 0 Å². The Balaban J connectivity index is 2.00. The molecule has 2 nitrogen and oxygen atoms in total. The first kappa shape index (κ1) is 9.71. The van der Waals surface area contributed by atoms with Crippen LogP contribution in [-0.4, -0.2) is 11.9 Å². The molecule has 0 fully saturated rings. The predicted molar refractivity (Wildman–Crippen MR) is 59.1 cm³/mol. The lowest BCUT2D eigenvalue weighted by molar-refractivity contribution is -0.117. The Labute approximate surface area is 88.9 Å². The summed E-state index contributed by atoms with van der Waals surface area (Å²) in [4.78, 5) is 11.1. The minimum absolute atomic E-state index is 0.115. The fourth-order valence-corrected chi connectivity index (χ4v) is 1.43. The summed E-state index contributed by atoms with van der Waals surface area (Å²) in [6.07, 6.45) is 7.12. The highest BCUT2D eigenvalue weighted by Crippen LogP contribution is 2.11. The molecule has 1 aromatic carbocycles. The van der Waals surface area contributed by atoms with Crippen molar-refractivity contribution >= 4 is 11.9 Å². The number of benzene rings is 1. The summed E-state index contributed by atoms with van der Waals surface area (Å²) in [5, 5.41) is 0. The van der Waals surface area contributed by atoms with Crippen LogP contribution in [0.15, 0.2) is 48.7 Å². The Morgan fingerprint density at radius 3 is 2.80 bits per heavy atom. The second-order valence-corrected chi connectivity index (χ2v) is 3.42. The van der Waals surface area contributed by atoms with E-state index in [4.69, 9.17) is 4.74 Å². The van der Waals surface area contributed by atoms with Crippen LogP contribution in [0.1, 0.15) is 12.0 Å². The van der Waals surface area contributed by atoms with Crippen LogP contribution in [0.25, 0.3) is 6.08 Å². The number of hydrogen-bond acceptors (Lipinski definition) is 2. The molecule has 2 heteroatoms. The van der Waals surface area contributed by atoms with Crippen molar-refractivity contribution in [3.05, 3.63) is 54.3 Å². The van der Waals surface area contributed by atoms with Crippen LogP contribution < -0.4 is 0 Å². The number of allylic oxidation sites excluding steroid dienone is 1. The molecular formula is C13H12O2. The van der Waals surface area contributed by atoms with Gasteiger partial charge in [-0.15, -0.1) is 0 Å². The Hall–Kier alpha value is -1.83. The lowest BCUT2D eigenvalue weighted by atomic mass is 10.1. The number of hydrogen-bond donors (Lipinski definition) is 0. The zero-order chi connectivity index (χ0) is 10.5. The van der Waals surface area contributed by atoms with Gasteiger partial charge in [0.2, 0.25) is 0 Å². The average molecular weight is 200 g/mol. The van der Waals surface area contributed by atoms with Gasteiger partial charge in [-0.1, -0.05) is 36.4 Å². The molecule has 0 unspecified atom stereocenters. The molecule has 76 valence electrons. The van der Waals surface area contributed by atoms with Crippen molar-refractivity contribution < 1.29 is 9.53 Å². The van der Waals surface area contributed by atoms with Crippen molar-refractivity contribution in [2.75, 3.05) is 0 Å². The van der Waals surface area contributed by atoms with Gasteiger partial charge in [0.05, 0.1) is 12.7 Å². The minimum atomic E-state index is -0.122. The molecule has 0 saturated carbocycles. The molecule has 15 heavy (non-hydrogen) atoms. The number of ketones is 1. The third-order valence-corrected chi connectivity index (χ3v) is 2.21. The standard InChI is InChI=1S/C13H12O2/c14-12-8-9-15-13(10-12)7-6-11-4-2-1-3-5-11/h1-9,13H,10H2/t13-/m0/s1. The van der Waals surface area contributed by atoms with Gasteiger partial charge in [-0.3, -0.25) is 4.79 Å². The average Bonchev–Trinajstić information content (AvgIpc) is 2.28. The molecule has 0 spiro atoms. The van der Waals surface area contributed by atoms with Crippen LogP contribution >= 0.6 is 0 Å². The zero-order valence-electron chi connectivity index (χ0n) is 8.30. The second-order valence-electron chi connectivity index (χ2n) is 3.42. The van der Waals surface area contributed by atoms with E-state index in [1.54, 1.807) is 0 Å². The Morgan fingerprint density at radius 1 is 1.27 bits per heavy atom. The van der Waals surface area contributed by atoms with E-state index in [0.717, 1.165) is 5.56 Å². The van der Waals surface area contributed by atoms with Gasteiger partial charge >= 0.3 is 0 Å². The van der Waals surface area contributed by atoms with Crippen molar-refractivity contribution in [1.29, 1.82) is 0 Å².